The monoisotopic (exact) mass is 357 g/mol. The Morgan fingerprint density at radius 2 is 1.96 bits per heavy atom. The summed E-state index contributed by atoms with van der Waals surface area (Å²) in [7, 11) is 1.99. The number of rotatable bonds is 3. The summed E-state index contributed by atoms with van der Waals surface area (Å²) in [6, 6.07) is 8.08. The first-order valence-electron chi connectivity index (χ1n) is 9.47. The molecule has 0 bridgehead atoms. The summed E-state index contributed by atoms with van der Waals surface area (Å²) < 4.78 is 13.5. The number of carbonyl (C=O) groups is 1. The third kappa shape index (κ3) is 3.63. The van der Waals surface area contributed by atoms with E-state index in [-0.39, 0.29) is 12.0 Å². The van der Waals surface area contributed by atoms with Gasteiger partial charge < -0.3 is 18.9 Å². The number of nitrogens with zero attached hydrogens (tertiary/aromatic N) is 3. The standard InChI is InChI=1S/C20H27N3O3/c1-21-15-18(17-5-2-3-6-19(17)21)20(24)23-7-4-10-26-16(14-23)13-22-8-11-25-12-9-22/h2-3,5-6,15-16H,4,7-14H2,1H3/t16-/m0/s1. The number of hydrogen-bond donors (Lipinski definition) is 0. The molecule has 2 fully saturated rings. The van der Waals surface area contributed by atoms with Crippen LogP contribution in [0.2, 0.25) is 0 Å². The van der Waals surface area contributed by atoms with Crippen molar-refractivity contribution in [3.8, 4) is 0 Å². The number of aryl methyl sites for hydroxylation is 1. The summed E-state index contributed by atoms with van der Waals surface area (Å²) >= 11 is 0. The first-order valence-corrected chi connectivity index (χ1v) is 9.47. The fourth-order valence-corrected chi connectivity index (χ4v) is 3.94. The second-order valence-corrected chi connectivity index (χ2v) is 7.18. The van der Waals surface area contributed by atoms with Crippen molar-refractivity contribution in [1.29, 1.82) is 0 Å². The summed E-state index contributed by atoms with van der Waals surface area (Å²) in [6.07, 6.45) is 2.90. The van der Waals surface area contributed by atoms with Crippen LogP contribution in [0, 0.1) is 0 Å². The van der Waals surface area contributed by atoms with Gasteiger partial charge in [-0.3, -0.25) is 9.69 Å². The lowest BCUT2D eigenvalue weighted by Crippen LogP contribution is -2.45. The highest BCUT2D eigenvalue weighted by Crippen LogP contribution is 2.23. The number of benzene rings is 1. The third-order valence-electron chi connectivity index (χ3n) is 5.33. The molecular weight excluding hydrogens is 330 g/mol. The number of morpholine rings is 1. The SMILES string of the molecule is Cn1cc(C(=O)N2CCCO[C@@H](CN3CCOCC3)C2)c2ccccc21. The first kappa shape index (κ1) is 17.5. The average molecular weight is 357 g/mol. The number of hydrogen-bond acceptors (Lipinski definition) is 4. The van der Waals surface area contributed by atoms with Crippen LogP contribution in [0.25, 0.3) is 10.9 Å². The number of aromatic nitrogens is 1. The van der Waals surface area contributed by atoms with E-state index in [1.807, 2.05) is 40.9 Å². The number of para-hydroxylation sites is 1. The maximum Gasteiger partial charge on any atom is 0.256 e. The van der Waals surface area contributed by atoms with Crippen LogP contribution in [0.3, 0.4) is 0 Å². The van der Waals surface area contributed by atoms with Crippen LogP contribution in [0.15, 0.2) is 30.5 Å². The van der Waals surface area contributed by atoms with Crippen molar-refractivity contribution in [3.63, 3.8) is 0 Å². The van der Waals surface area contributed by atoms with E-state index >= 15 is 0 Å². The lowest BCUT2D eigenvalue weighted by Gasteiger charge is -2.31. The van der Waals surface area contributed by atoms with E-state index in [0.717, 1.165) is 62.3 Å². The Morgan fingerprint density at radius 3 is 2.81 bits per heavy atom. The Hall–Kier alpha value is -1.89. The van der Waals surface area contributed by atoms with Crippen molar-refractivity contribution in [3.05, 3.63) is 36.0 Å². The quantitative estimate of drug-likeness (QED) is 0.840. The van der Waals surface area contributed by atoms with Crippen LogP contribution < -0.4 is 0 Å². The summed E-state index contributed by atoms with van der Waals surface area (Å²) in [5.74, 6) is 0.110. The average Bonchev–Trinajstić information content (AvgIpc) is 2.85. The van der Waals surface area contributed by atoms with E-state index in [0.29, 0.717) is 13.2 Å². The van der Waals surface area contributed by atoms with Crippen molar-refractivity contribution in [2.75, 3.05) is 52.5 Å². The van der Waals surface area contributed by atoms with Gasteiger partial charge in [-0.1, -0.05) is 18.2 Å². The first-order chi connectivity index (χ1) is 12.7. The van der Waals surface area contributed by atoms with Crippen molar-refractivity contribution in [2.24, 2.45) is 7.05 Å². The van der Waals surface area contributed by atoms with Gasteiger partial charge in [-0.25, -0.2) is 0 Å². The van der Waals surface area contributed by atoms with Gasteiger partial charge in [0.15, 0.2) is 0 Å². The Labute approximate surface area is 154 Å². The molecule has 0 radical (unpaired) electrons. The lowest BCUT2D eigenvalue weighted by molar-refractivity contribution is -0.0112. The van der Waals surface area contributed by atoms with E-state index < -0.39 is 0 Å². The number of carbonyl (C=O) groups excluding carboxylic acids is 1. The van der Waals surface area contributed by atoms with E-state index in [9.17, 15) is 4.79 Å². The molecule has 2 aliphatic rings. The number of fused-ring (bicyclic) bond motifs is 1. The maximum atomic E-state index is 13.2. The van der Waals surface area contributed by atoms with Crippen LogP contribution in [0.1, 0.15) is 16.8 Å². The third-order valence-corrected chi connectivity index (χ3v) is 5.33. The molecule has 0 unspecified atom stereocenters. The van der Waals surface area contributed by atoms with Gasteiger partial charge in [-0.15, -0.1) is 0 Å². The molecule has 1 aromatic carbocycles. The molecule has 4 rings (SSSR count). The highest BCUT2D eigenvalue weighted by molar-refractivity contribution is 6.07. The van der Waals surface area contributed by atoms with Gasteiger partial charge in [0, 0.05) is 63.5 Å². The Kier molecular flexibility index (Phi) is 5.24. The van der Waals surface area contributed by atoms with E-state index in [1.165, 1.54) is 0 Å². The fourth-order valence-electron chi connectivity index (χ4n) is 3.94. The lowest BCUT2D eigenvalue weighted by atomic mass is 10.1. The van der Waals surface area contributed by atoms with Gasteiger partial charge in [0.1, 0.15) is 0 Å². The predicted molar refractivity (Wildman–Crippen MR) is 100 cm³/mol. The molecule has 6 heteroatoms. The molecule has 3 heterocycles. The van der Waals surface area contributed by atoms with Crippen LogP contribution >= 0.6 is 0 Å². The molecule has 2 aliphatic heterocycles. The summed E-state index contributed by atoms with van der Waals surface area (Å²) in [4.78, 5) is 17.6. The molecule has 0 N–H and O–H groups in total. The number of ether oxygens (including phenoxy) is 2. The zero-order chi connectivity index (χ0) is 17.9. The zero-order valence-electron chi connectivity index (χ0n) is 15.4. The second-order valence-electron chi connectivity index (χ2n) is 7.18. The van der Waals surface area contributed by atoms with Crippen LogP contribution in [-0.4, -0.2) is 78.9 Å². The topological polar surface area (TPSA) is 46.9 Å². The van der Waals surface area contributed by atoms with Gasteiger partial charge in [0.2, 0.25) is 0 Å². The predicted octanol–water partition coefficient (Wildman–Crippen LogP) is 1.74. The van der Waals surface area contributed by atoms with Crippen LogP contribution in [0.5, 0.6) is 0 Å². The van der Waals surface area contributed by atoms with Crippen molar-refractivity contribution >= 4 is 16.8 Å². The Bertz CT molecular complexity index is 767. The maximum absolute atomic E-state index is 13.2. The zero-order valence-corrected chi connectivity index (χ0v) is 15.4. The Morgan fingerprint density at radius 1 is 1.15 bits per heavy atom. The van der Waals surface area contributed by atoms with Gasteiger partial charge in [-0.2, -0.15) is 0 Å². The second kappa shape index (κ2) is 7.78. The Balaban J connectivity index is 1.50. The molecule has 2 aromatic rings. The smallest absolute Gasteiger partial charge is 0.256 e. The summed E-state index contributed by atoms with van der Waals surface area (Å²) in [5, 5.41) is 1.02. The van der Waals surface area contributed by atoms with Crippen LogP contribution in [0.4, 0.5) is 0 Å². The highest BCUT2D eigenvalue weighted by atomic mass is 16.5. The van der Waals surface area contributed by atoms with E-state index in [4.69, 9.17) is 9.47 Å². The molecule has 0 aliphatic carbocycles. The highest BCUT2D eigenvalue weighted by Gasteiger charge is 2.27. The molecule has 0 saturated carbocycles. The molecule has 1 aromatic heterocycles. The minimum atomic E-state index is 0.0644. The van der Waals surface area contributed by atoms with Crippen LogP contribution in [-0.2, 0) is 16.5 Å². The molecule has 1 amide bonds. The summed E-state index contributed by atoms with van der Waals surface area (Å²) in [6.45, 7) is 6.43. The van der Waals surface area contributed by atoms with Gasteiger partial charge in [-0.05, 0) is 12.5 Å². The number of amides is 1. The normalized spacial score (nSPS) is 22.5. The van der Waals surface area contributed by atoms with Crippen molar-refractivity contribution in [2.45, 2.75) is 12.5 Å². The van der Waals surface area contributed by atoms with Gasteiger partial charge in [0.25, 0.3) is 5.91 Å². The largest absolute Gasteiger partial charge is 0.379 e. The van der Waals surface area contributed by atoms with Gasteiger partial charge >= 0.3 is 0 Å². The summed E-state index contributed by atoms with van der Waals surface area (Å²) in [5.41, 5.74) is 1.88. The van der Waals surface area contributed by atoms with Crippen molar-refractivity contribution < 1.29 is 14.3 Å². The molecule has 2 saturated heterocycles. The van der Waals surface area contributed by atoms with Gasteiger partial charge in [0.05, 0.1) is 24.9 Å². The molecular formula is C20H27N3O3. The molecule has 6 nitrogen and oxygen atoms in total. The van der Waals surface area contributed by atoms with Crippen molar-refractivity contribution in [1.82, 2.24) is 14.4 Å². The molecule has 26 heavy (non-hydrogen) atoms. The molecule has 1 atom stereocenters. The van der Waals surface area contributed by atoms with E-state index in [1.54, 1.807) is 0 Å². The van der Waals surface area contributed by atoms with E-state index in [2.05, 4.69) is 11.0 Å². The molecule has 0 spiro atoms. The minimum Gasteiger partial charge on any atom is -0.379 e. The molecule has 140 valence electrons. The minimum absolute atomic E-state index is 0.0644. The fraction of sp³-hybridized carbons (Fsp3) is 0.550.